The monoisotopic (exact) mass is 575 g/mol. The van der Waals surface area contributed by atoms with Crippen LogP contribution >= 0.6 is 11.6 Å². The van der Waals surface area contributed by atoms with Gasteiger partial charge in [0.25, 0.3) is 15.9 Å². The van der Waals surface area contributed by atoms with Gasteiger partial charge in [0.2, 0.25) is 10.0 Å². The van der Waals surface area contributed by atoms with Crippen LogP contribution in [0.4, 0.5) is 11.4 Å². The van der Waals surface area contributed by atoms with Crippen molar-refractivity contribution in [3.05, 3.63) is 81.4 Å². The topological polar surface area (TPSA) is 113 Å². The summed E-state index contributed by atoms with van der Waals surface area (Å²) in [6, 6.07) is 12.3. The predicted molar refractivity (Wildman–Crippen MR) is 150 cm³/mol. The van der Waals surface area contributed by atoms with Gasteiger partial charge in [0.05, 0.1) is 31.8 Å². The van der Waals surface area contributed by atoms with E-state index >= 15 is 0 Å². The van der Waals surface area contributed by atoms with Crippen molar-refractivity contribution in [2.45, 2.75) is 50.3 Å². The molecule has 2 N–H and O–H groups in total. The second-order valence-corrected chi connectivity index (χ2v) is 13.4. The van der Waals surface area contributed by atoms with Gasteiger partial charge in [0.15, 0.2) is 0 Å². The average Bonchev–Trinajstić information content (AvgIpc) is 3.40. The van der Waals surface area contributed by atoms with E-state index < -0.39 is 26.0 Å². The minimum Gasteiger partial charge on any atom is -0.321 e. The molecule has 11 heteroatoms. The van der Waals surface area contributed by atoms with Gasteiger partial charge in [0, 0.05) is 13.1 Å². The van der Waals surface area contributed by atoms with Crippen molar-refractivity contribution in [1.82, 2.24) is 4.31 Å². The number of benzene rings is 3. The number of sulfonamides is 2. The van der Waals surface area contributed by atoms with E-state index in [4.69, 9.17) is 11.6 Å². The van der Waals surface area contributed by atoms with Crippen molar-refractivity contribution in [2.75, 3.05) is 23.1 Å². The first-order chi connectivity index (χ1) is 17.8. The zero-order chi connectivity index (χ0) is 27.8. The van der Waals surface area contributed by atoms with E-state index in [1.54, 1.807) is 26.0 Å². The van der Waals surface area contributed by atoms with E-state index in [2.05, 4.69) is 10.0 Å². The molecule has 1 amide bonds. The summed E-state index contributed by atoms with van der Waals surface area (Å²) in [5.74, 6) is -0.644. The zero-order valence-corrected chi connectivity index (χ0v) is 24.0. The highest BCUT2D eigenvalue weighted by Crippen LogP contribution is 2.31. The van der Waals surface area contributed by atoms with Crippen LogP contribution in [0, 0.1) is 27.7 Å². The van der Waals surface area contributed by atoms with Gasteiger partial charge in [-0.25, -0.2) is 16.8 Å². The molecular weight excluding hydrogens is 546 g/mol. The van der Waals surface area contributed by atoms with Crippen molar-refractivity contribution in [3.63, 3.8) is 0 Å². The smallest absolute Gasteiger partial charge is 0.262 e. The van der Waals surface area contributed by atoms with Gasteiger partial charge in [-0.2, -0.15) is 4.31 Å². The van der Waals surface area contributed by atoms with E-state index in [1.807, 2.05) is 19.9 Å². The number of hydrogen-bond donors (Lipinski definition) is 2. The number of nitrogens with one attached hydrogen (secondary N) is 2. The van der Waals surface area contributed by atoms with Gasteiger partial charge in [-0.05, 0) is 93.1 Å². The molecule has 0 saturated carbocycles. The van der Waals surface area contributed by atoms with Crippen molar-refractivity contribution < 1.29 is 21.6 Å². The van der Waals surface area contributed by atoms with Crippen LogP contribution in [0.1, 0.15) is 45.5 Å². The molecule has 38 heavy (non-hydrogen) atoms. The third-order valence-corrected chi connectivity index (χ3v) is 10.7. The number of aryl methyl sites for hydroxylation is 2. The van der Waals surface area contributed by atoms with Gasteiger partial charge >= 0.3 is 0 Å². The van der Waals surface area contributed by atoms with Crippen LogP contribution in [-0.4, -0.2) is 40.1 Å². The number of halogens is 1. The third-order valence-electron chi connectivity index (χ3n) is 6.87. The molecule has 1 aliphatic rings. The van der Waals surface area contributed by atoms with Gasteiger partial charge in [-0.3, -0.25) is 9.52 Å². The molecule has 0 unspecified atom stereocenters. The lowest BCUT2D eigenvalue weighted by Gasteiger charge is -2.19. The summed E-state index contributed by atoms with van der Waals surface area (Å²) in [5, 5.41) is 2.80. The summed E-state index contributed by atoms with van der Waals surface area (Å²) in [6.45, 7) is 8.09. The van der Waals surface area contributed by atoms with E-state index in [0.717, 1.165) is 24.0 Å². The standard InChI is InChI=1S/C27H30ClN3O5S2/c1-17-15-18(2)20(4)26(19(17)3)37(33,34)30-24-10-6-5-9-22(24)27(32)29-25-16-21(11-12-23(25)28)38(35,36)31-13-7-8-14-31/h5-6,9-12,15-16,30H,7-8,13-14H2,1-4H3,(H,29,32). The normalized spacial score (nSPS) is 14.4. The fourth-order valence-electron chi connectivity index (χ4n) is 4.58. The van der Waals surface area contributed by atoms with E-state index in [9.17, 15) is 21.6 Å². The van der Waals surface area contributed by atoms with Crippen LogP contribution < -0.4 is 10.0 Å². The van der Waals surface area contributed by atoms with Gasteiger partial charge in [0.1, 0.15) is 0 Å². The largest absolute Gasteiger partial charge is 0.321 e. The quantitative estimate of drug-likeness (QED) is 0.391. The number of amides is 1. The van der Waals surface area contributed by atoms with E-state index in [0.29, 0.717) is 24.2 Å². The Morgan fingerprint density at radius 2 is 1.45 bits per heavy atom. The fraction of sp³-hybridized carbons (Fsp3) is 0.296. The van der Waals surface area contributed by atoms with Crippen LogP contribution in [-0.2, 0) is 20.0 Å². The Morgan fingerprint density at radius 3 is 2.08 bits per heavy atom. The highest BCUT2D eigenvalue weighted by atomic mass is 35.5. The third kappa shape index (κ3) is 5.44. The maximum absolute atomic E-state index is 13.5. The lowest BCUT2D eigenvalue weighted by Crippen LogP contribution is -2.28. The summed E-state index contributed by atoms with van der Waals surface area (Å²) < 4.78 is 56.9. The van der Waals surface area contributed by atoms with Crippen molar-refractivity contribution >= 4 is 48.9 Å². The Morgan fingerprint density at radius 1 is 0.842 bits per heavy atom. The highest BCUT2D eigenvalue weighted by molar-refractivity contribution is 7.92. The average molecular weight is 576 g/mol. The molecule has 0 atom stereocenters. The maximum Gasteiger partial charge on any atom is 0.262 e. The predicted octanol–water partition coefficient (Wildman–Crippen LogP) is 5.41. The van der Waals surface area contributed by atoms with Crippen molar-refractivity contribution in [3.8, 4) is 0 Å². The molecule has 0 radical (unpaired) electrons. The van der Waals surface area contributed by atoms with Crippen molar-refractivity contribution in [1.29, 1.82) is 0 Å². The van der Waals surface area contributed by atoms with E-state index in [1.165, 1.54) is 34.6 Å². The van der Waals surface area contributed by atoms with E-state index in [-0.39, 0.29) is 31.8 Å². The number of anilines is 2. The summed E-state index contributed by atoms with van der Waals surface area (Å²) >= 11 is 6.29. The lowest BCUT2D eigenvalue weighted by molar-refractivity contribution is 0.102. The Balaban J connectivity index is 1.66. The minimum absolute atomic E-state index is 0.0221. The number of rotatable bonds is 7. The molecule has 0 spiro atoms. The second-order valence-electron chi connectivity index (χ2n) is 9.45. The molecule has 0 bridgehead atoms. The minimum atomic E-state index is -4.03. The number of para-hydroxylation sites is 1. The molecule has 4 rings (SSSR count). The van der Waals surface area contributed by atoms with Crippen LogP contribution in [0.5, 0.6) is 0 Å². The first kappa shape index (κ1) is 28.1. The molecule has 1 saturated heterocycles. The number of carbonyl (C=O) groups is 1. The number of nitrogens with zero attached hydrogens (tertiary/aromatic N) is 1. The molecule has 3 aromatic carbocycles. The Kier molecular flexibility index (Phi) is 7.90. The Labute approximate surface area is 229 Å². The van der Waals surface area contributed by atoms with Gasteiger partial charge in [-0.1, -0.05) is 29.8 Å². The van der Waals surface area contributed by atoms with Crippen LogP contribution in [0.3, 0.4) is 0 Å². The van der Waals surface area contributed by atoms with Gasteiger partial charge < -0.3 is 5.32 Å². The Hall–Kier alpha value is -2.92. The maximum atomic E-state index is 13.5. The molecular formula is C27H30ClN3O5S2. The highest BCUT2D eigenvalue weighted by Gasteiger charge is 2.28. The summed E-state index contributed by atoms with van der Waals surface area (Å²) in [6.07, 6.45) is 1.59. The molecule has 1 fully saturated rings. The summed E-state index contributed by atoms with van der Waals surface area (Å²) in [4.78, 5) is 13.5. The molecule has 0 aromatic heterocycles. The van der Waals surface area contributed by atoms with Crippen LogP contribution in [0.15, 0.2) is 58.3 Å². The molecule has 1 heterocycles. The fourth-order valence-corrected chi connectivity index (χ4v) is 7.98. The zero-order valence-electron chi connectivity index (χ0n) is 21.6. The SMILES string of the molecule is Cc1cc(C)c(C)c(S(=O)(=O)Nc2ccccc2C(=O)Nc2cc(S(=O)(=O)N3CCCC3)ccc2Cl)c1C. The first-order valence-electron chi connectivity index (χ1n) is 12.1. The lowest BCUT2D eigenvalue weighted by atomic mass is 10.0. The van der Waals surface area contributed by atoms with Crippen LogP contribution in [0.25, 0.3) is 0 Å². The molecule has 202 valence electrons. The molecule has 0 aliphatic carbocycles. The summed E-state index contributed by atoms with van der Waals surface area (Å²) in [5.41, 5.74) is 3.20. The summed E-state index contributed by atoms with van der Waals surface area (Å²) in [7, 11) is -7.76. The second kappa shape index (κ2) is 10.7. The van der Waals surface area contributed by atoms with Gasteiger partial charge in [-0.15, -0.1) is 0 Å². The molecule has 1 aliphatic heterocycles. The first-order valence-corrected chi connectivity index (χ1v) is 15.4. The number of hydrogen-bond acceptors (Lipinski definition) is 5. The molecule has 3 aromatic rings. The number of carbonyl (C=O) groups excluding carboxylic acids is 1. The van der Waals surface area contributed by atoms with Crippen molar-refractivity contribution in [2.24, 2.45) is 0 Å². The Bertz CT molecular complexity index is 1600. The molecule has 8 nitrogen and oxygen atoms in total. The van der Waals surface area contributed by atoms with Crippen LogP contribution in [0.2, 0.25) is 5.02 Å².